The third-order valence-electron chi connectivity index (χ3n) is 3.41. The highest BCUT2D eigenvalue weighted by Crippen LogP contribution is 2.36. The van der Waals surface area contributed by atoms with Crippen LogP contribution in [0.15, 0.2) is 57.9 Å². The number of rotatable bonds is 4. The summed E-state index contributed by atoms with van der Waals surface area (Å²) < 4.78 is 7.08. The van der Waals surface area contributed by atoms with E-state index in [-0.39, 0.29) is 12.0 Å². The Hall–Kier alpha value is -1.63. The first-order chi connectivity index (χ1) is 11.9. The van der Waals surface area contributed by atoms with Crippen molar-refractivity contribution >= 4 is 61.9 Å². The lowest BCUT2D eigenvalue weighted by Gasteiger charge is -2.14. The minimum absolute atomic E-state index is 0.101. The number of hydrogen-bond donors (Lipinski definition) is 0. The van der Waals surface area contributed by atoms with Crippen LogP contribution in [0.4, 0.5) is 5.69 Å². The van der Waals surface area contributed by atoms with E-state index in [0.29, 0.717) is 9.23 Å². The van der Waals surface area contributed by atoms with E-state index in [1.54, 1.807) is 4.90 Å². The van der Waals surface area contributed by atoms with Gasteiger partial charge < -0.3 is 4.74 Å². The van der Waals surface area contributed by atoms with Crippen LogP contribution in [-0.4, -0.2) is 16.3 Å². The number of amides is 1. The van der Waals surface area contributed by atoms with E-state index in [9.17, 15) is 4.79 Å². The van der Waals surface area contributed by atoms with Gasteiger partial charge in [0.05, 0.1) is 16.7 Å². The number of benzene rings is 2. The van der Waals surface area contributed by atoms with Gasteiger partial charge >= 0.3 is 0 Å². The van der Waals surface area contributed by atoms with Gasteiger partial charge in [-0.2, -0.15) is 0 Å². The molecule has 0 aliphatic carbocycles. The van der Waals surface area contributed by atoms with Gasteiger partial charge in [-0.05, 0) is 55.8 Å². The van der Waals surface area contributed by atoms with Crippen molar-refractivity contribution in [3.8, 4) is 5.75 Å². The molecule has 1 aliphatic rings. The van der Waals surface area contributed by atoms with Crippen LogP contribution in [0.2, 0.25) is 0 Å². The van der Waals surface area contributed by atoms with Crippen molar-refractivity contribution in [2.45, 2.75) is 20.0 Å². The van der Waals surface area contributed by atoms with E-state index in [0.717, 1.165) is 21.5 Å². The Kier molecular flexibility index (Phi) is 5.61. The predicted molar refractivity (Wildman–Crippen MR) is 112 cm³/mol. The molecule has 1 fully saturated rings. The molecule has 128 valence electrons. The fraction of sp³-hybridized carbons (Fsp3) is 0.158. The van der Waals surface area contributed by atoms with Crippen LogP contribution < -0.4 is 9.64 Å². The van der Waals surface area contributed by atoms with Gasteiger partial charge in [-0.1, -0.05) is 58.1 Å². The summed E-state index contributed by atoms with van der Waals surface area (Å²) in [7, 11) is 0. The molecule has 1 amide bonds. The average molecular weight is 434 g/mol. The molecule has 25 heavy (non-hydrogen) atoms. The molecular formula is C19H16BrNO2S2. The molecule has 1 heterocycles. The maximum atomic E-state index is 12.8. The quantitative estimate of drug-likeness (QED) is 0.460. The molecule has 0 atom stereocenters. The number of nitrogens with zero attached hydrogens (tertiary/aromatic N) is 1. The number of anilines is 1. The van der Waals surface area contributed by atoms with E-state index in [1.807, 2.05) is 68.5 Å². The summed E-state index contributed by atoms with van der Waals surface area (Å²) in [6.45, 7) is 3.97. The molecule has 0 aromatic heterocycles. The third kappa shape index (κ3) is 4.32. The van der Waals surface area contributed by atoms with Crippen LogP contribution in [-0.2, 0) is 4.79 Å². The highest BCUT2D eigenvalue weighted by Gasteiger charge is 2.33. The molecule has 3 nitrogen and oxygen atoms in total. The summed E-state index contributed by atoms with van der Waals surface area (Å²) in [4.78, 5) is 14.9. The molecule has 0 bridgehead atoms. The standard InChI is InChI=1S/C19H16BrNO2S2/c1-12(2)23-16-8-6-13(7-9-16)10-17-18(22)21(19(24)25-17)15-5-3-4-14(20)11-15/h3-12H,1-2H3/b17-10-. The van der Waals surface area contributed by atoms with E-state index in [1.165, 1.54) is 11.8 Å². The van der Waals surface area contributed by atoms with Crippen molar-refractivity contribution in [3.05, 3.63) is 63.5 Å². The summed E-state index contributed by atoms with van der Waals surface area (Å²) in [6.07, 6.45) is 1.99. The Morgan fingerprint density at radius 3 is 2.56 bits per heavy atom. The summed E-state index contributed by atoms with van der Waals surface area (Å²) in [5, 5.41) is 0. The van der Waals surface area contributed by atoms with Gasteiger partial charge in [0.2, 0.25) is 0 Å². The molecule has 2 aromatic carbocycles. The lowest BCUT2D eigenvalue weighted by Crippen LogP contribution is -2.27. The Balaban J connectivity index is 1.83. The number of carbonyl (C=O) groups is 1. The first kappa shape index (κ1) is 18.2. The number of carbonyl (C=O) groups excluding carboxylic acids is 1. The zero-order valence-corrected chi connectivity index (χ0v) is 17.0. The van der Waals surface area contributed by atoms with Crippen molar-refractivity contribution in [2.75, 3.05) is 4.90 Å². The molecule has 3 rings (SSSR count). The predicted octanol–water partition coefficient (Wildman–Crippen LogP) is 5.64. The molecule has 2 aromatic rings. The second-order valence-electron chi connectivity index (χ2n) is 5.73. The van der Waals surface area contributed by atoms with E-state index in [4.69, 9.17) is 17.0 Å². The molecule has 0 radical (unpaired) electrons. The van der Waals surface area contributed by atoms with Crippen LogP contribution in [0.1, 0.15) is 19.4 Å². The lowest BCUT2D eigenvalue weighted by molar-refractivity contribution is -0.113. The van der Waals surface area contributed by atoms with Crippen LogP contribution >= 0.6 is 39.9 Å². The Bertz CT molecular complexity index is 847. The summed E-state index contributed by atoms with van der Waals surface area (Å²) in [5.41, 5.74) is 1.70. The fourth-order valence-electron chi connectivity index (χ4n) is 2.37. The van der Waals surface area contributed by atoms with Crippen molar-refractivity contribution < 1.29 is 9.53 Å². The molecule has 0 unspecified atom stereocenters. The van der Waals surface area contributed by atoms with Crippen molar-refractivity contribution in [3.63, 3.8) is 0 Å². The summed E-state index contributed by atoms with van der Waals surface area (Å²) in [6, 6.07) is 15.2. The lowest BCUT2D eigenvalue weighted by atomic mass is 10.2. The fourth-order valence-corrected chi connectivity index (χ4v) is 4.06. The topological polar surface area (TPSA) is 29.5 Å². The Morgan fingerprint density at radius 1 is 1.20 bits per heavy atom. The number of ether oxygens (including phenoxy) is 1. The number of thioether (sulfide) groups is 1. The summed E-state index contributed by atoms with van der Waals surface area (Å²) in [5.74, 6) is 0.712. The SMILES string of the molecule is CC(C)Oc1ccc(/C=C2\SC(=S)N(c3cccc(Br)c3)C2=O)cc1. The molecule has 6 heteroatoms. The molecule has 0 spiro atoms. The van der Waals surface area contributed by atoms with Gasteiger partial charge in [0.15, 0.2) is 4.32 Å². The average Bonchev–Trinajstić information content (AvgIpc) is 2.83. The maximum absolute atomic E-state index is 12.8. The van der Waals surface area contributed by atoms with Gasteiger partial charge in [-0.3, -0.25) is 9.69 Å². The van der Waals surface area contributed by atoms with E-state index < -0.39 is 0 Å². The number of halogens is 1. The minimum atomic E-state index is -0.101. The normalized spacial score (nSPS) is 16.2. The zero-order valence-electron chi connectivity index (χ0n) is 13.7. The van der Waals surface area contributed by atoms with Crippen LogP contribution in [0, 0.1) is 0 Å². The van der Waals surface area contributed by atoms with Gasteiger partial charge in [-0.15, -0.1) is 0 Å². The van der Waals surface area contributed by atoms with Crippen molar-refractivity contribution in [1.82, 2.24) is 0 Å². The Labute approximate surface area is 165 Å². The monoisotopic (exact) mass is 433 g/mol. The van der Waals surface area contributed by atoms with Crippen LogP contribution in [0.3, 0.4) is 0 Å². The number of thiocarbonyl (C=S) groups is 1. The van der Waals surface area contributed by atoms with Gasteiger partial charge in [0.1, 0.15) is 5.75 Å². The van der Waals surface area contributed by atoms with Gasteiger partial charge in [0, 0.05) is 4.47 Å². The highest BCUT2D eigenvalue weighted by atomic mass is 79.9. The maximum Gasteiger partial charge on any atom is 0.270 e. The molecular weight excluding hydrogens is 418 g/mol. The second kappa shape index (κ2) is 7.72. The van der Waals surface area contributed by atoms with Gasteiger partial charge in [-0.25, -0.2) is 0 Å². The Morgan fingerprint density at radius 2 is 1.92 bits per heavy atom. The molecule has 0 N–H and O–H groups in total. The highest BCUT2D eigenvalue weighted by molar-refractivity contribution is 9.10. The van der Waals surface area contributed by atoms with E-state index >= 15 is 0 Å². The van der Waals surface area contributed by atoms with Crippen molar-refractivity contribution in [2.24, 2.45) is 0 Å². The number of hydrogen-bond acceptors (Lipinski definition) is 4. The van der Waals surface area contributed by atoms with Crippen LogP contribution in [0.5, 0.6) is 5.75 Å². The van der Waals surface area contributed by atoms with E-state index in [2.05, 4.69) is 15.9 Å². The molecule has 1 aliphatic heterocycles. The second-order valence-corrected chi connectivity index (χ2v) is 8.32. The molecule has 0 saturated carbocycles. The third-order valence-corrected chi connectivity index (χ3v) is 5.21. The first-order valence-corrected chi connectivity index (χ1v) is 9.76. The first-order valence-electron chi connectivity index (χ1n) is 7.74. The van der Waals surface area contributed by atoms with Crippen molar-refractivity contribution in [1.29, 1.82) is 0 Å². The van der Waals surface area contributed by atoms with Gasteiger partial charge in [0.25, 0.3) is 5.91 Å². The van der Waals surface area contributed by atoms with Crippen LogP contribution in [0.25, 0.3) is 6.08 Å². The summed E-state index contributed by atoms with van der Waals surface area (Å²) >= 11 is 10.1. The molecule has 1 saturated heterocycles. The zero-order chi connectivity index (χ0) is 18.0. The largest absolute Gasteiger partial charge is 0.491 e. The minimum Gasteiger partial charge on any atom is -0.491 e. The smallest absolute Gasteiger partial charge is 0.270 e.